The first-order valence-electron chi connectivity index (χ1n) is 4.39. The van der Waals surface area contributed by atoms with Crippen LogP contribution < -0.4 is 5.56 Å². The summed E-state index contributed by atoms with van der Waals surface area (Å²) in [5.74, 6) is 0.140. The summed E-state index contributed by atoms with van der Waals surface area (Å²) in [5.41, 5.74) is 0.190. The molecule has 0 spiro atoms. The van der Waals surface area contributed by atoms with Crippen LogP contribution in [0, 0.1) is 0 Å². The SMILES string of the molecule is Cn1ccnc1C(=O)c1ccc(=O)[nH]c1. The predicted octanol–water partition coefficient (Wildman–Crippen LogP) is 0.339. The van der Waals surface area contributed by atoms with E-state index in [1.165, 1.54) is 18.3 Å². The Morgan fingerprint density at radius 3 is 2.80 bits per heavy atom. The Morgan fingerprint density at radius 1 is 1.47 bits per heavy atom. The van der Waals surface area contributed by atoms with Crippen LogP contribution in [0.4, 0.5) is 0 Å². The highest BCUT2D eigenvalue weighted by Crippen LogP contribution is 2.04. The fourth-order valence-electron chi connectivity index (χ4n) is 1.27. The molecular weight excluding hydrogens is 194 g/mol. The monoisotopic (exact) mass is 203 g/mol. The van der Waals surface area contributed by atoms with Crippen LogP contribution in [0.3, 0.4) is 0 Å². The summed E-state index contributed by atoms with van der Waals surface area (Å²) in [5, 5.41) is 0. The van der Waals surface area contributed by atoms with Gasteiger partial charge in [-0.2, -0.15) is 0 Å². The zero-order valence-electron chi connectivity index (χ0n) is 8.10. The molecule has 0 amide bonds. The summed E-state index contributed by atoms with van der Waals surface area (Å²) in [4.78, 5) is 29.0. The van der Waals surface area contributed by atoms with Crippen LogP contribution in [0.15, 0.2) is 35.5 Å². The van der Waals surface area contributed by atoms with E-state index in [1.807, 2.05) is 0 Å². The van der Waals surface area contributed by atoms with Gasteiger partial charge in [0.1, 0.15) is 0 Å². The number of carbonyl (C=O) groups excluding carboxylic acids is 1. The number of aryl methyl sites for hydroxylation is 1. The minimum Gasteiger partial charge on any atom is -0.331 e. The van der Waals surface area contributed by atoms with Gasteiger partial charge in [0.05, 0.1) is 0 Å². The molecule has 5 nitrogen and oxygen atoms in total. The van der Waals surface area contributed by atoms with Crippen molar-refractivity contribution in [3.05, 3.63) is 52.5 Å². The average molecular weight is 203 g/mol. The van der Waals surface area contributed by atoms with Gasteiger partial charge in [0.25, 0.3) is 0 Å². The lowest BCUT2D eigenvalue weighted by Crippen LogP contribution is -2.11. The van der Waals surface area contributed by atoms with Gasteiger partial charge in [-0.15, -0.1) is 0 Å². The third kappa shape index (κ3) is 1.71. The van der Waals surface area contributed by atoms with Crippen LogP contribution in [-0.4, -0.2) is 20.3 Å². The quantitative estimate of drug-likeness (QED) is 0.715. The molecule has 2 rings (SSSR count). The molecular formula is C10H9N3O2. The smallest absolute Gasteiger partial charge is 0.247 e. The predicted molar refractivity (Wildman–Crippen MR) is 53.7 cm³/mol. The summed E-state index contributed by atoms with van der Waals surface area (Å²) >= 11 is 0. The summed E-state index contributed by atoms with van der Waals surface area (Å²) in [6.45, 7) is 0. The normalized spacial score (nSPS) is 10.2. The maximum absolute atomic E-state index is 11.8. The fourth-order valence-corrected chi connectivity index (χ4v) is 1.27. The van der Waals surface area contributed by atoms with Gasteiger partial charge in [0.2, 0.25) is 11.3 Å². The lowest BCUT2D eigenvalue weighted by atomic mass is 10.2. The van der Waals surface area contributed by atoms with E-state index in [1.54, 1.807) is 24.0 Å². The second-order valence-corrected chi connectivity index (χ2v) is 3.13. The fraction of sp³-hybridized carbons (Fsp3) is 0.100. The number of aromatic amines is 1. The van der Waals surface area contributed by atoms with Crippen molar-refractivity contribution in [3.63, 3.8) is 0 Å². The number of hydrogen-bond acceptors (Lipinski definition) is 3. The molecule has 0 atom stereocenters. The molecule has 2 aromatic heterocycles. The Bertz CT molecular complexity index is 533. The molecule has 1 N–H and O–H groups in total. The largest absolute Gasteiger partial charge is 0.331 e. The number of pyridine rings is 1. The van der Waals surface area contributed by atoms with Crippen molar-refractivity contribution in [2.75, 3.05) is 0 Å². The maximum Gasteiger partial charge on any atom is 0.247 e. The Balaban J connectivity index is 2.41. The minimum absolute atomic E-state index is 0.209. The highest BCUT2D eigenvalue weighted by Gasteiger charge is 2.12. The van der Waals surface area contributed by atoms with Crippen molar-refractivity contribution < 1.29 is 4.79 Å². The van der Waals surface area contributed by atoms with Crippen LogP contribution >= 0.6 is 0 Å². The molecule has 5 heteroatoms. The van der Waals surface area contributed by atoms with E-state index < -0.39 is 0 Å². The number of ketones is 1. The molecule has 0 aromatic carbocycles. The highest BCUT2D eigenvalue weighted by molar-refractivity contribution is 6.06. The van der Waals surface area contributed by atoms with Crippen LogP contribution in [-0.2, 0) is 7.05 Å². The molecule has 2 heterocycles. The van der Waals surface area contributed by atoms with Crippen LogP contribution in [0.1, 0.15) is 16.2 Å². The van der Waals surface area contributed by atoms with Gasteiger partial charge in [0.15, 0.2) is 5.82 Å². The van der Waals surface area contributed by atoms with Crippen LogP contribution in [0.25, 0.3) is 0 Å². The van der Waals surface area contributed by atoms with Gasteiger partial charge in [-0.05, 0) is 6.07 Å². The molecule has 0 fully saturated rings. The Morgan fingerprint density at radius 2 is 2.27 bits per heavy atom. The number of H-pyrrole nitrogens is 1. The molecule has 15 heavy (non-hydrogen) atoms. The molecule has 0 radical (unpaired) electrons. The number of imidazole rings is 1. The molecule has 0 bridgehead atoms. The van der Waals surface area contributed by atoms with Gasteiger partial charge < -0.3 is 9.55 Å². The van der Waals surface area contributed by atoms with E-state index in [0.29, 0.717) is 11.4 Å². The molecule has 0 aliphatic heterocycles. The molecule has 2 aromatic rings. The first kappa shape index (κ1) is 9.39. The summed E-state index contributed by atoms with van der Waals surface area (Å²) in [6.07, 6.45) is 4.64. The van der Waals surface area contributed by atoms with Crippen molar-refractivity contribution in [2.24, 2.45) is 7.05 Å². The standard InChI is InChI=1S/C10H9N3O2/c1-13-5-4-11-10(13)9(15)7-2-3-8(14)12-6-7/h2-6H,1H3,(H,12,14). The number of nitrogens with zero attached hydrogens (tertiary/aromatic N) is 2. The molecule has 0 aliphatic carbocycles. The number of rotatable bonds is 2. The first-order chi connectivity index (χ1) is 7.18. The van der Waals surface area contributed by atoms with E-state index >= 15 is 0 Å². The number of nitrogens with one attached hydrogen (secondary N) is 1. The van der Waals surface area contributed by atoms with Crippen molar-refractivity contribution in [1.29, 1.82) is 0 Å². The summed E-state index contributed by atoms with van der Waals surface area (Å²) in [6, 6.07) is 2.80. The second kappa shape index (κ2) is 3.53. The topological polar surface area (TPSA) is 67.8 Å². The van der Waals surface area contributed by atoms with Gasteiger partial charge >= 0.3 is 0 Å². The van der Waals surface area contributed by atoms with E-state index in [0.717, 1.165) is 0 Å². The van der Waals surface area contributed by atoms with Crippen molar-refractivity contribution in [2.45, 2.75) is 0 Å². The Kier molecular flexibility index (Phi) is 2.21. The molecule has 0 unspecified atom stereocenters. The van der Waals surface area contributed by atoms with Gasteiger partial charge in [-0.25, -0.2) is 4.98 Å². The van der Waals surface area contributed by atoms with Gasteiger partial charge in [0, 0.05) is 37.3 Å². The molecule has 0 saturated heterocycles. The zero-order valence-corrected chi connectivity index (χ0v) is 8.10. The van der Waals surface area contributed by atoms with E-state index in [-0.39, 0.29) is 11.3 Å². The number of aromatic nitrogens is 3. The number of carbonyl (C=O) groups is 1. The van der Waals surface area contributed by atoms with E-state index in [9.17, 15) is 9.59 Å². The molecule has 0 saturated carbocycles. The summed E-state index contributed by atoms with van der Waals surface area (Å²) in [7, 11) is 1.74. The van der Waals surface area contributed by atoms with Gasteiger partial charge in [-0.1, -0.05) is 0 Å². The zero-order chi connectivity index (χ0) is 10.8. The number of hydrogen-bond donors (Lipinski definition) is 1. The van der Waals surface area contributed by atoms with E-state index in [4.69, 9.17) is 0 Å². The second-order valence-electron chi connectivity index (χ2n) is 3.13. The van der Waals surface area contributed by atoms with Gasteiger partial charge in [-0.3, -0.25) is 9.59 Å². The van der Waals surface area contributed by atoms with Crippen molar-refractivity contribution in [1.82, 2.24) is 14.5 Å². The van der Waals surface area contributed by atoms with Crippen molar-refractivity contribution in [3.8, 4) is 0 Å². The van der Waals surface area contributed by atoms with Crippen molar-refractivity contribution >= 4 is 5.78 Å². The van der Waals surface area contributed by atoms with Crippen LogP contribution in [0.5, 0.6) is 0 Å². The third-order valence-corrected chi connectivity index (χ3v) is 2.07. The van der Waals surface area contributed by atoms with Crippen LogP contribution in [0.2, 0.25) is 0 Å². The lowest BCUT2D eigenvalue weighted by molar-refractivity contribution is 0.102. The Hall–Kier alpha value is -2.17. The highest BCUT2D eigenvalue weighted by atomic mass is 16.1. The molecule has 76 valence electrons. The first-order valence-corrected chi connectivity index (χ1v) is 4.39. The minimum atomic E-state index is -0.230. The third-order valence-electron chi connectivity index (χ3n) is 2.07. The lowest BCUT2D eigenvalue weighted by Gasteiger charge is -1.99. The maximum atomic E-state index is 11.8. The van der Waals surface area contributed by atoms with E-state index in [2.05, 4.69) is 9.97 Å². The average Bonchev–Trinajstić information content (AvgIpc) is 2.65. The summed E-state index contributed by atoms with van der Waals surface area (Å²) < 4.78 is 1.63. The Labute approximate surface area is 85.4 Å². The molecule has 0 aliphatic rings.